The molecule has 0 spiro atoms. The summed E-state index contributed by atoms with van der Waals surface area (Å²) in [6.07, 6.45) is 3.68. The fourth-order valence-corrected chi connectivity index (χ4v) is 2.71. The van der Waals surface area contributed by atoms with E-state index in [4.69, 9.17) is 17.3 Å². The first kappa shape index (κ1) is 13.1. The highest BCUT2D eigenvalue weighted by molar-refractivity contribution is 6.32. The summed E-state index contributed by atoms with van der Waals surface area (Å²) < 4.78 is 0. The highest BCUT2D eigenvalue weighted by Gasteiger charge is 2.16. The Morgan fingerprint density at radius 3 is 2.65 bits per heavy atom. The number of nitrogens with zero attached hydrogens (tertiary/aromatic N) is 1. The summed E-state index contributed by atoms with van der Waals surface area (Å²) in [5.41, 5.74) is 9.39. The lowest BCUT2D eigenvalue weighted by atomic mass is 9.95. The molecule has 0 aliphatic heterocycles. The lowest BCUT2D eigenvalue weighted by Gasteiger charge is -2.17. The van der Waals surface area contributed by atoms with Gasteiger partial charge in [-0.15, -0.1) is 0 Å². The number of fused-ring (bicyclic) bond motifs is 1. The van der Waals surface area contributed by atoms with Gasteiger partial charge in [0.2, 0.25) is 0 Å². The summed E-state index contributed by atoms with van der Waals surface area (Å²) in [6, 6.07) is 13.8. The molecule has 3 rings (SSSR count). The molecule has 1 atom stereocenters. The molecule has 1 unspecified atom stereocenters. The number of aromatic nitrogens is 1. The van der Waals surface area contributed by atoms with Crippen LogP contribution < -0.4 is 5.73 Å². The Bertz CT molecular complexity index is 763. The maximum atomic E-state index is 6.43. The Labute approximate surface area is 123 Å². The van der Waals surface area contributed by atoms with Crippen LogP contribution in [0.25, 0.3) is 10.8 Å². The van der Waals surface area contributed by atoms with Crippen LogP contribution in [0.15, 0.2) is 54.9 Å². The van der Waals surface area contributed by atoms with E-state index in [1.54, 1.807) is 0 Å². The van der Waals surface area contributed by atoms with Crippen LogP contribution in [0.4, 0.5) is 0 Å². The fourth-order valence-electron chi connectivity index (χ4n) is 2.47. The number of pyridine rings is 1. The second-order valence-corrected chi connectivity index (χ2v) is 5.28. The first-order chi connectivity index (χ1) is 9.68. The van der Waals surface area contributed by atoms with E-state index in [-0.39, 0.29) is 6.04 Å². The monoisotopic (exact) mass is 282 g/mol. The first-order valence-electron chi connectivity index (χ1n) is 6.51. The van der Waals surface area contributed by atoms with Crippen LogP contribution in [-0.2, 0) is 0 Å². The molecule has 0 aliphatic rings. The largest absolute Gasteiger partial charge is 0.320 e. The lowest BCUT2D eigenvalue weighted by molar-refractivity contribution is 0.872. The lowest BCUT2D eigenvalue weighted by Crippen LogP contribution is -2.13. The Hall–Kier alpha value is -1.90. The summed E-state index contributed by atoms with van der Waals surface area (Å²) in [5, 5.41) is 2.93. The van der Waals surface area contributed by atoms with E-state index in [1.807, 2.05) is 55.7 Å². The minimum absolute atomic E-state index is 0.277. The molecule has 0 saturated heterocycles. The molecule has 3 aromatic rings. The third-order valence-corrected chi connectivity index (χ3v) is 4.11. The first-order valence-corrected chi connectivity index (χ1v) is 6.89. The third kappa shape index (κ3) is 2.17. The predicted octanol–water partition coefficient (Wildman–Crippen LogP) is 4.24. The zero-order valence-electron chi connectivity index (χ0n) is 11.2. The maximum absolute atomic E-state index is 6.43. The van der Waals surface area contributed by atoms with Crippen LogP contribution in [0.5, 0.6) is 0 Å². The van der Waals surface area contributed by atoms with Crippen LogP contribution in [0.3, 0.4) is 0 Å². The predicted molar refractivity (Wildman–Crippen MR) is 84.0 cm³/mol. The van der Waals surface area contributed by atoms with Gasteiger partial charge in [-0.2, -0.15) is 0 Å². The molecule has 20 heavy (non-hydrogen) atoms. The minimum Gasteiger partial charge on any atom is -0.320 e. The highest BCUT2D eigenvalue weighted by atomic mass is 35.5. The molecule has 0 bridgehead atoms. The normalized spacial score (nSPS) is 12.6. The zero-order chi connectivity index (χ0) is 14.1. The van der Waals surface area contributed by atoms with E-state index in [1.165, 1.54) is 0 Å². The van der Waals surface area contributed by atoms with Gasteiger partial charge >= 0.3 is 0 Å². The van der Waals surface area contributed by atoms with Crippen LogP contribution in [0.2, 0.25) is 5.02 Å². The van der Waals surface area contributed by atoms with E-state index in [0.717, 1.165) is 32.5 Å². The van der Waals surface area contributed by atoms with Crippen LogP contribution in [0, 0.1) is 6.92 Å². The Morgan fingerprint density at radius 2 is 1.80 bits per heavy atom. The van der Waals surface area contributed by atoms with Gasteiger partial charge < -0.3 is 5.73 Å². The molecule has 0 fully saturated rings. The van der Waals surface area contributed by atoms with E-state index in [0.29, 0.717) is 0 Å². The van der Waals surface area contributed by atoms with Gasteiger partial charge in [0.05, 0.1) is 6.04 Å². The van der Waals surface area contributed by atoms with Crippen LogP contribution >= 0.6 is 11.6 Å². The van der Waals surface area contributed by atoms with Gasteiger partial charge in [0.1, 0.15) is 0 Å². The van der Waals surface area contributed by atoms with Crippen LogP contribution in [-0.4, -0.2) is 4.98 Å². The van der Waals surface area contributed by atoms with Crippen molar-refractivity contribution in [2.24, 2.45) is 5.73 Å². The molecule has 100 valence electrons. The van der Waals surface area contributed by atoms with Crippen molar-refractivity contribution in [3.63, 3.8) is 0 Å². The van der Waals surface area contributed by atoms with Gasteiger partial charge in [-0.3, -0.25) is 4.98 Å². The van der Waals surface area contributed by atoms with Crippen molar-refractivity contribution in [2.75, 3.05) is 0 Å². The molecule has 0 saturated carbocycles. The van der Waals surface area contributed by atoms with E-state index in [2.05, 4.69) is 11.1 Å². The molecule has 1 aromatic heterocycles. The van der Waals surface area contributed by atoms with Gasteiger partial charge in [0.15, 0.2) is 0 Å². The Kier molecular flexibility index (Phi) is 3.43. The number of rotatable bonds is 2. The van der Waals surface area contributed by atoms with E-state index in [9.17, 15) is 0 Å². The topological polar surface area (TPSA) is 38.9 Å². The molecule has 0 radical (unpaired) electrons. The quantitative estimate of drug-likeness (QED) is 0.763. The van der Waals surface area contributed by atoms with Crippen molar-refractivity contribution < 1.29 is 0 Å². The molecule has 2 nitrogen and oxygen atoms in total. The number of benzene rings is 2. The Balaban J connectivity index is 2.18. The standard InChI is InChI=1S/C17H15ClN2/c1-11-5-4-8-14(16(11)18)17(19)15-10-20-9-12-6-2-3-7-13(12)15/h2-10,17H,19H2,1H3. The second-order valence-electron chi connectivity index (χ2n) is 4.91. The maximum Gasteiger partial charge on any atom is 0.0588 e. The summed E-state index contributed by atoms with van der Waals surface area (Å²) in [4.78, 5) is 4.29. The van der Waals surface area contributed by atoms with Gasteiger partial charge in [0.25, 0.3) is 0 Å². The average molecular weight is 283 g/mol. The number of halogens is 1. The average Bonchev–Trinajstić information content (AvgIpc) is 2.49. The van der Waals surface area contributed by atoms with Crippen molar-refractivity contribution in [1.82, 2.24) is 4.98 Å². The van der Waals surface area contributed by atoms with Crippen molar-refractivity contribution >= 4 is 22.4 Å². The van der Waals surface area contributed by atoms with E-state index >= 15 is 0 Å². The van der Waals surface area contributed by atoms with E-state index < -0.39 is 0 Å². The molecule has 0 aliphatic carbocycles. The van der Waals surface area contributed by atoms with Crippen molar-refractivity contribution in [3.05, 3.63) is 76.6 Å². The van der Waals surface area contributed by atoms with Crippen molar-refractivity contribution in [3.8, 4) is 0 Å². The second kappa shape index (κ2) is 5.23. The Morgan fingerprint density at radius 1 is 1.00 bits per heavy atom. The van der Waals surface area contributed by atoms with Crippen LogP contribution in [0.1, 0.15) is 22.7 Å². The van der Waals surface area contributed by atoms with Crippen molar-refractivity contribution in [1.29, 1.82) is 0 Å². The minimum atomic E-state index is -0.277. The molecule has 0 amide bonds. The number of hydrogen-bond donors (Lipinski definition) is 1. The smallest absolute Gasteiger partial charge is 0.0588 e. The summed E-state index contributed by atoms with van der Waals surface area (Å²) >= 11 is 6.39. The molecule has 1 heterocycles. The molecule has 3 heteroatoms. The molecule has 2 aromatic carbocycles. The summed E-state index contributed by atoms with van der Waals surface area (Å²) in [6.45, 7) is 1.99. The fraction of sp³-hybridized carbons (Fsp3) is 0.118. The van der Waals surface area contributed by atoms with Crippen molar-refractivity contribution in [2.45, 2.75) is 13.0 Å². The van der Waals surface area contributed by atoms with Gasteiger partial charge in [-0.25, -0.2) is 0 Å². The molecular formula is C17H15ClN2. The zero-order valence-corrected chi connectivity index (χ0v) is 11.9. The number of nitrogens with two attached hydrogens (primary N) is 1. The summed E-state index contributed by atoms with van der Waals surface area (Å²) in [5.74, 6) is 0. The highest BCUT2D eigenvalue weighted by Crippen LogP contribution is 2.31. The molecular weight excluding hydrogens is 268 g/mol. The number of aryl methyl sites for hydroxylation is 1. The van der Waals surface area contributed by atoms with Gasteiger partial charge in [-0.1, -0.05) is 54.1 Å². The molecule has 2 N–H and O–H groups in total. The van der Waals surface area contributed by atoms with Gasteiger partial charge in [-0.05, 0) is 29.0 Å². The summed E-state index contributed by atoms with van der Waals surface area (Å²) in [7, 11) is 0. The third-order valence-electron chi connectivity index (χ3n) is 3.59. The van der Waals surface area contributed by atoms with Gasteiger partial charge in [0, 0.05) is 22.8 Å². The SMILES string of the molecule is Cc1cccc(C(N)c2cncc3ccccc23)c1Cl. The number of hydrogen-bond acceptors (Lipinski definition) is 2.